The number of aryl methyl sites for hydroxylation is 1. The fourth-order valence-corrected chi connectivity index (χ4v) is 3.54. The number of nitrogens with one attached hydrogen (secondary N) is 1. The van der Waals surface area contributed by atoms with Gasteiger partial charge in [-0.25, -0.2) is 0 Å². The average Bonchev–Trinajstić information content (AvgIpc) is 3.07. The predicted molar refractivity (Wildman–Crippen MR) is 117 cm³/mol. The highest BCUT2D eigenvalue weighted by Crippen LogP contribution is 2.26. The summed E-state index contributed by atoms with van der Waals surface area (Å²) >= 11 is 13.3. The Kier molecular flexibility index (Phi) is 7.41. The molecule has 0 aliphatic rings. The minimum Gasteiger partial charge on any atom is -0.486 e. The van der Waals surface area contributed by atoms with Gasteiger partial charge in [0, 0.05) is 12.1 Å². The van der Waals surface area contributed by atoms with E-state index in [1.54, 1.807) is 18.2 Å². The van der Waals surface area contributed by atoms with E-state index in [4.69, 9.17) is 27.9 Å². The summed E-state index contributed by atoms with van der Waals surface area (Å²) < 4.78 is 7.59. The summed E-state index contributed by atoms with van der Waals surface area (Å²) in [6.45, 7) is 2.40. The van der Waals surface area contributed by atoms with E-state index in [0.717, 1.165) is 12.2 Å². The number of anilines is 1. The first-order valence-electron chi connectivity index (χ1n) is 8.94. The Bertz CT molecular complexity index is 993. The van der Waals surface area contributed by atoms with Crippen molar-refractivity contribution in [2.75, 3.05) is 11.1 Å². The molecule has 3 aromatic rings. The quantitative estimate of drug-likeness (QED) is 0.489. The maximum absolute atomic E-state index is 12.2. The van der Waals surface area contributed by atoms with Gasteiger partial charge in [-0.2, -0.15) is 0 Å². The van der Waals surface area contributed by atoms with E-state index in [9.17, 15) is 4.79 Å². The summed E-state index contributed by atoms with van der Waals surface area (Å²) in [6, 6.07) is 12.9. The molecule has 0 aliphatic carbocycles. The van der Waals surface area contributed by atoms with Gasteiger partial charge in [-0.15, -0.1) is 10.2 Å². The van der Waals surface area contributed by atoms with E-state index < -0.39 is 0 Å². The van der Waals surface area contributed by atoms with E-state index >= 15 is 0 Å². The molecule has 0 atom stereocenters. The van der Waals surface area contributed by atoms with Gasteiger partial charge >= 0.3 is 0 Å². The number of carbonyl (C=O) groups is 1. The van der Waals surface area contributed by atoms with Crippen LogP contribution in [-0.2, 0) is 24.9 Å². The summed E-state index contributed by atoms with van der Waals surface area (Å²) in [6.07, 6.45) is 0.987. The van der Waals surface area contributed by atoms with E-state index in [0.29, 0.717) is 33.3 Å². The van der Waals surface area contributed by atoms with Gasteiger partial charge in [0.1, 0.15) is 12.4 Å². The van der Waals surface area contributed by atoms with Crippen LogP contribution in [0.3, 0.4) is 0 Å². The molecule has 1 amide bonds. The minimum absolute atomic E-state index is 0.161. The Balaban J connectivity index is 1.53. The van der Waals surface area contributed by atoms with Gasteiger partial charge in [0.25, 0.3) is 0 Å². The first-order chi connectivity index (χ1) is 14.0. The first kappa shape index (κ1) is 21.5. The highest BCUT2D eigenvalue weighted by molar-refractivity contribution is 7.99. The second-order valence-corrected chi connectivity index (χ2v) is 7.99. The molecule has 0 fully saturated rings. The maximum atomic E-state index is 12.2. The van der Waals surface area contributed by atoms with Crippen LogP contribution in [0.2, 0.25) is 10.0 Å². The number of thioether (sulfide) groups is 1. The molecule has 0 unspecified atom stereocenters. The second kappa shape index (κ2) is 10.0. The van der Waals surface area contributed by atoms with E-state index in [1.165, 1.54) is 17.3 Å². The molecule has 0 spiro atoms. The lowest BCUT2D eigenvalue weighted by Crippen LogP contribution is -2.15. The first-order valence-corrected chi connectivity index (χ1v) is 10.7. The summed E-state index contributed by atoms with van der Waals surface area (Å²) in [4.78, 5) is 12.2. The molecule has 1 N–H and O–H groups in total. The number of ether oxygens (including phenoxy) is 1. The number of aromatic nitrogens is 3. The number of benzene rings is 2. The number of halogens is 2. The summed E-state index contributed by atoms with van der Waals surface area (Å²) in [5, 5.41) is 12.6. The van der Waals surface area contributed by atoms with Crippen molar-refractivity contribution in [3.05, 3.63) is 63.9 Å². The average molecular weight is 451 g/mol. The molecule has 9 heteroatoms. The SMILES string of the molecule is CCc1ccc(OCc2nnc(SCC(=O)Nc3cc(Cl)ccc3Cl)n2C)cc1. The number of rotatable bonds is 8. The van der Waals surface area contributed by atoms with Crippen LogP contribution in [0, 0.1) is 0 Å². The van der Waals surface area contributed by atoms with Gasteiger partial charge < -0.3 is 14.6 Å². The maximum Gasteiger partial charge on any atom is 0.234 e. The number of hydrogen-bond acceptors (Lipinski definition) is 5. The van der Waals surface area contributed by atoms with Crippen molar-refractivity contribution in [3.8, 4) is 5.75 Å². The molecular formula is C20H20Cl2N4O2S. The Morgan fingerprint density at radius 1 is 1.17 bits per heavy atom. The normalized spacial score (nSPS) is 10.8. The van der Waals surface area contributed by atoms with Crippen LogP contribution in [0.4, 0.5) is 5.69 Å². The second-order valence-electron chi connectivity index (χ2n) is 6.21. The van der Waals surface area contributed by atoms with Crippen molar-refractivity contribution in [1.29, 1.82) is 0 Å². The van der Waals surface area contributed by atoms with Gasteiger partial charge in [0.15, 0.2) is 11.0 Å². The molecule has 0 bridgehead atoms. The van der Waals surface area contributed by atoms with Gasteiger partial charge in [-0.1, -0.05) is 54.0 Å². The highest BCUT2D eigenvalue weighted by Gasteiger charge is 2.13. The molecule has 3 rings (SSSR count). The Labute approximate surface area is 183 Å². The Hall–Kier alpha value is -2.22. The van der Waals surface area contributed by atoms with Gasteiger partial charge in [0.05, 0.1) is 16.5 Å². The monoisotopic (exact) mass is 450 g/mol. The molecule has 1 aromatic heterocycles. The van der Waals surface area contributed by atoms with Crippen LogP contribution < -0.4 is 10.1 Å². The lowest BCUT2D eigenvalue weighted by molar-refractivity contribution is -0.113. The van der Waals surface area contributed by atoms with Gasteiger partial charge in [-0.05, 0) is 42.3 Å². The molecule has 0 saturated heterocycles. The van der Waals surface area contributed by atoms with E-state index in [1.807, 2.05) is 35.9 Å². The molecular weight excluding hydrogens is 431 g/mol. The van der Waals surface area contributed by atoms with Crippen molar-refractivity contribution in [2.45, 2.75) is 25.1 Å². The molecule has 0 saturated carbocycles. The van der Waals surface area contributed by atoms with Crippen LogP contribution in [0.1, 0.15) is 18.3 Å². The fraction of sp³-hybridized carbons (Fsp3) is 0.250. The topological polar surface area (TPSA) is 69.0 Å². The molecule has 0 radical (unpaired) electrons. The van der Waals surface area contributed by atoms with Crippen molar-refractivity contribution in [2.24, 2.45) is 7.05 Å². The van der Waals surface area contributed by atoms with Crippen LogP contribution in [-0.4, -0.2) is 26.4 Å². The third kappa shape index (κ3) is 5.88. The Morgan fingerprint density at radius 2 is 1.93 bits per heavy atom. The summed E-state index contributed by atoms with van der Waals surface area (Å²) in [7, 11) is 1.84. The van der Waals surface area contributed by atoms with Crippen LogP contribution in [0.5, 0.6) is 5.75 Å². The lowest BCUT2D eigenvalue weighted by Gasteiger charge is -2.08. The molecule has 1 heterocycles. The molecule has 2 aromatic carbocycles. The molecule has 6 nitrogen and oxygen atoms in total. The van der Waals surface area contributed by atoms with Gasteiger partial charge in [-0.3, -0.25) is 4.79 Å². The van der Waals surface area contributed by atoms with Gasteiger partial charge in [0.2, 0.25) is 5.91 Å². The molecule has 29 heavy (non-hydrogen) atoms. The fourth-order valence-electron chi connectivity index (χ4n) is 2.48. The van der Waals surface area contributed by atoms with Crippen LogP contribution >= 0.6 is 35.0 Å². The zero-order chi connectivity index (χ0) is 20.8. The minimum atomic E-state index is -0.212. The van der Waals surface area contributed by atoms with Crippen molar-refractivity contribution < 1.29 is 9.53 Å². The molecule has 152 valence electrons. The predicted octanol–water partition coefficient (Wildman–Crippen LogP) is 4.99. The number of carbonyl (C=O) groups excluding carboxylic acids is 1. The van der Waals surface area contributed by atoms with E-state index in [2.05, 4.69) is 22.4 Å². The van der Waals surface area contributed by atoms with Crippen molar-refractivity contribution >= 4 is 46.6 Å². The summed E-state index contributed by atoms with van der Waals surface area (Å²) in [5.74, 6) is 1.40. The third-order valence-corrected chi connectivity index (χ3v) is 5.74. The Morgan fingerprint density at radius 3 is 2.66 bits per heavy atom. The highest BCUT2D eigenvalue weighted by atomic mass is 35.5. The van der Waals surface area contributed by atoms with Crippen LogP contribution in [0.25, 0.3) is 0 Å². The summed E-state index contributed by atoms with van der Waals surface area (Å²) in [5.41, 5.74) is 1.73. The van der Waals surface area contributed by atoms with Crippen molar-refractivity contribution in [1.82, 2.24) is 14.8 Å². The van der Waals surface area contributed by atoms with E-state index in [-0.39, 0.29) is 11.7 Å². The zero-order valence-electron chi connectivity index (χ0n) is 16.0. The third-order valence-electron chi connectivity index (χ3n) is 4.16. The number of nitrogens with zero attached hydrogens (tertiary/aromatic N) is 3. The van der Waals surface area contributed by atoms with Crippen molar-refractivity contribution in [3.63, 3.8) is 0 Å². The number of hydrogen-bond donors (Lipinski definition) is 1. The smallest absolute Gasteiger partial charge is 0.234 e. The largest absolute Gasteiger partial charge is 0.486 e. The lowest BCUT2D eigenvalue weighted by atomic mass is 10.2. The number of amides is 1. The van der Waals surface area contributed by atoms with Crippen LogP contribution in [0.15, 0.2) is 47.6 Å². The standard InChI is InChI=1S/C20H20Cl2N4O2S/c1-3-13-4-7-15(8-5-13)28-11-18-24-25-20(26(18)2)29-12-19(27)23-17-10-14(21)6-9-16(17)22/h4-10H,3,11-12H2,1-2H3,(H,23,27). The zero-order valence-corrected chi connectivity index (χ0v) is 18.3. The molecule has 0 aliphatic heterocycles.